The molecule has 1 aromatic rings. The van der Waals surface area contributed by atoms with E-state index in [9.17, 15) is 4.79 Å². The fraction of sp³-hybridized carbons (Fsp3) is 0.400. The molecular weight excluding hydrogens is 336 g/mol. The highest BCUT2D eigenvalue weighted by molar-refractivity contribution is 9.10. The van der Waals surface area contributed by atoms with E-state index >= 15 is 0 Å². The standard InChI is InChI=1S/C10H13BrN4O3S/c1-14-4-7(15(19-14)10(16)17)5-18-9-8(11)2-6(12)3-13-9/h2-3,7H,4-5,12H2,1H3,(H,16,17)/t7-/m0/s1. The second-order valence-corrected chi connectivity index (χ2v) is 6.06. The molecule has 0 unspecified atom stereocenters. The molecule has 104 valence electrons. The van der Waals surface area contributed by atoms with Crippen LogP contribution in [0, 0.1) is 0 Å². The summed E-state index contributed by atoms with van der Waals surface area (Å²) in [6, 6.07) is 1.45. The molecule has 0 aliphatic carbocycles. The van der Waals surface area contributed by atoms with Crippen molar-refractivity contribution in [3.63, 3.8) is 0 Å². The summed E-state index contributed by atoms with van der Waals surface area (Å²) in [5.74, 6) is 0.402. The van der Waals surface area contributed by atoms with Crippen molar-refractivity contribution < 1.29 is 14.6 Å². The average Bonchev–Trinajstić information content (AvgIpc) is 2.69. The number of amides is 1. The van der Waals surface area contributed by atoms with Crippen molar-refractivity contribution in [1.82, 2.24) is 13.6 Å². The van der Waals surface area contributed by atoms with Gasteiger partial charge in [-0.05, 0) is 29.0 Å². The lowest BCUT2D eigenvalue weighted by atomic mass is 10.3. The van der Waals surface area contributed by atoms with E-state index in [0.29, 0.717) is 22.6 Å². The molecule has 1 aromatic heterocycles. The third-order valence-electron chi connectivity index (χ3n) is 2.46. The maximum Gasteiger partial charge on any atom is 0.418 e. The number of carbonyl (C=O) groups is 1. The fourth-order valence-corrected chi connectivity index (χ4v) is 3.01. The van der Waals surface area contributed by atoms with Crippen molar-refractivity contribution in [3.05, 3.63) is 16.7 Å². The summed E-state index contributed by atoms with van der Waals surface area (Å²) in [4.78, 5) is 15.1. The lowest BCUT2D eigenvalue weighted by Gasteiger charge is -2.18. The molecule has 19 heavy (non-hydrogen) atoms. The van der Waals surface area contributed by atoms with Crippen LogP contribution >= 0.6 is 28.1 Å². The molecule has 1 aliphatic rings. The van der Waals surface area contributed by atoms with Crippen molar-refractivity contribution in [3.8, 4) is 5.88 Å². The predicted octanol–water partition coefficient (Wildman–Crippen LogP) is 1.66. The number of nitrogen functional groups attached to an aromatic ring is 1. The number of aromatic nitrogens is 1. The van der Waals surface area contributed by atoms with Gasteiger partial charge in [0.2, 0.25) is 5.88 Å². The molecule has 1 saturated heterocycles. The Bertz CT molecular complexity index is 490. The molecule has 1 aliphatic heterocycles. The second kappa shape index (κ2) is 5.85. The molecule has 1 atom stereocenters. The molecule has 0 spiro atoms. The quantitative estimate of drug-likeness (QED) is 0.802. The molecule has 0 bridgehead atoms. The summed E-state index contributed by atoms with van der Waals surface area (Å²) in [6.07, 6.45) is 0.511. The van der Waals surface area contributed by atoms with Gasteiger partial charge in [-0.25, -0.2) is 18.4 Å². The van der Waals surface area contributed by atoms with E-state index in [0.717, 1.165) is 12.1 Å². The first-order chi connectivity index (χ1) is 8.97. The van der Waals surface area contributed by atoms with Crippen LogP contribution < -0.4 is 10.5 Å². The number of carboxylic acid groups (broad SMARTS) is 1. The molecule has 0 saturated carbocycles. The lowest BCUT2D eigenvalue weighted by Crippen LogP contribution is -2.36. The number of pyridine rings is 1. The van der Waals surface area contributed by atoms with E-state index in [-0.39, 0.29) is 12.6 Å². The normalized spacial score (nSPS) is 19.7. The number of hydrogen-bond donors (Lipinski definition) is 2. The predicted molar refractivity (Wildman–Crippen MR) is 75.7 cm³/mol. The van der Waals surface area contributed by atoms with E-state index in [1.165, 1.54) is 10.5 Å². The number of ether oxygens (including phenoxy) is 1. The summed E-state index contributed by atoms with van der Waals surface area (Å²) in [5.41, 5.74) is 6.11. The minimum atomic E-state index is -0.979. The Balaban J connectivity index is 1.99. The number of anilines is 1. The second-order valence-electron chi connectivity index (χ2n) is 4.02. The highest BCUT2D eigenvalue weighted by Gasteiger charge is 2.34. The zero-order chi connectivity index (χ0) is 14.0. The highest BCUT2D eigenvalue weighted by atomic mass is 79.9. The molecule has 1 fully saturated rings. The van der Waals surface area contributed by atoms with Gasteiger partial charge in [0, 0.05) is 18.7 Å². The topological polar surface area (TPSA) is 91.9 Å². The average molecular weight is 349 g/mol. The van der Waals surface area contributed by atoms with Crippen LogP contribution in [-0.2, 0) is 0 Å². The maximum atomic E-state index is 11.1. The number of nitrogens with zero attached hydrogens (tertiary/aromatic N) is 3. The third-order valence-corrected chi connectivity index (χ3v) is 4.08. The van der Waals surface area contributed by atoms with Gasteiger partial charge in [0.15, 0.2) is 0 Å². The van der Waals surface area contributed by atoms with Gasteiger partial charge >= 0.3 is 6.09 Å². The van der Waals surface area contributed by atoms with Gasteiger partial charge in [-0.2, -0.15) is 0 Å². The van der Waals surface area contributed by atoms with Gasteiger partial charge in [-0.15, -0.1) is 0 Å². The molecule has 7 nitrogen and oxygen atoms in total. The maximum absolute atomic E-state index is 11.1. The van der Waals surface area contributed by atoms with E-state index in [2.05, 4.69) is 20.9 Å². The Morgan fingerprint density at radius 1 is 1.79 bits per heavy atom. The Hall–Kier alpha value is -1.19. The van der Waals surface area contributed by atoms with E-state index < -0.39 is 6.09 Å². The summed E-state index contributed by atoms with van der Waals surface area (Å²) in [6.45, 7) is 0.836. The lowest BCUT2D eigenvalue weighted by molar-refractivity contribution is 0.151. The molecule has 0 aromatic carbocycles. The summed E-state index contributed by atoms with van der Waals surface area (Å²) in [7, 11) is 1.83. The smallest absolute Gasteiger partial charge is 0.418 e. The largest absolute Gasteiger partial charge is 0.475 e. The number of hydrogen-bond acceptors (Lipinski definition) is 6. The number of rotatable bonds is 3. The number of nitrogens with two attached hydrogens (primary N) is 1. The van der Waals surface area contributed by atoms with Crippen molar-refractivity contribution in [2.45, 2.75) is 6.04 Å². The van der Waals surface area contributed by atoms with Gasteiger partial charge in [0.1, 0.15) is 6.61 Å². The minimum Gasteiger partial charge on any atom is -0.475 e. The summed E-state index contributed by atoms with van der Waals surface area (Å²) < 4.78 is 9.30. The van der Waals surface area contributed by atoms with Crippen molar-refractivity contribution in [1.29, 1.82) is 0 Å². The van der Waals surface area contributed by atoms with Crippen LogP contribution in [0.15, 0.2) is 16.7 Å². The zero-order valence-corrected chi connectivity index (χ0v) is 12.5. The van der Waals surface area contributed by atoms with Crippen LogP contribution in [0.25, 0.3) is 0 Å². The van der Waals surface area contributed by atoms with Crippen LogP contribution in [0.1, 0.15) is 0 Å². The van der Waals surface area contributed by atoms with Crippen molar-refractivity contribution in [2.24, 2.45) is 0 Å². The minimum absolute atomic E-state index is 0.235. The van der Waals surface area contributed by atoms with E-state index in [4.69, 9.17) is 15.6 Å². The summed E-state index contributed by atoms with van der Waals surface area (Å²) in [5, 5.41) is 9.07. The van der Waals surface area contributed by atoms with Crippen LogP contribution in [0.2, 0.25) is 0 Å². The number of halogens is 1. The fourth-order valence-electron chi connectivity index (χ4n) is 1.65. The SMILES string of the molecule is CN1C[C@@H](COc2ncc(N)cc2Br)N(C(=O)O)S1. The Labute approximate surface area is 123 Å². The van der Waals surface area contributed by atoms with Crippen LogP contribution in [0.3, 0.4) is 0 Å². The molecule has 2 rings (SSSR count). The third kappa shape index (κ3) is 3.43. The van der Waals surface area contributed by atoms with Gasteiger partial charge in [-0.3, -0.25) is 0 Å². The zero-order valence-electron chi connectivity index (χ0n) is 10.1. The molecule has 0 radical (unpaired) electrons. The Morgan fingerprint density at radius 3 is 3.16 bits per heavy atom. The first-order valence-electron chi connectivity index (χ1n) is 5.42. The first kappa shape index (κ1) is 14.2. The monoisotopic (exact) mass is 348 g/mol. The van der Waals surface area contributed by atoms with E-state index in [1.807, 2.05) is 11.4 Å². The van der Waals surface area contributed by atoms with Gasteiger partial charge < -0.3 is 15.6 Å². The molecule has 9 heteroatoms. The Morgan fingerprint density at radius 2 is 2.53 bits per heavy atom. The molecule has 3 N–H and O–H groups in total. The summed E-state index contributed by atoms with van der Waals surface area (Å²) >= 11 is 4.46. The first-order valence-corrected chi connectivity index (χ1v) is 6.95. The number of likely N-dealkylation sites (N-methyl/N-ethyl adjacent to an activating group) is 1. The highest BCUT2D eigenvalue weighted by Crippen LogP contribution is 2.29. The molecular formula is C10H13BrN4O3S. The van der Waals surface area contributed by atoms with Crippen LogP contribution in [0.5, 0.6) is 5.88 Å². The van der Waals surface area contributed by atoms with Crippen molar-refractivity contribution in [2.75, 3.05) is 25.9 Å². The Kier molecular flexibility index (Phi) is 4.38. The molecule has 1 amide bonds. The van der Waals surface area contributed by atoms with Crippen LogP contribution in [0.4, 0.5) is 10.5 Å². The van der Waals surface area contributed by atoms with Crippen molar-refractivity contribution >= 4 is 39.8 Å². The van der Waals surface area contributed by atoms with Gasteiger partial charge in [0.25, 0.3) is 0 Å². The molecule has 2 heterocycles. The van der Waals surface area contributed by atoms with Crippen LogP contribution in [-0.4, -0.2) is 51.0 Å². The van der Waals surface area contributed by atoms with E-state index in [1.54, 1.807) is 6.07 Å². The van der Waals surface area contributed by atoms with Gasteiger partial charge in [-0.1, -0.05) is 0 Å². The van der Waals surface area contributed by atoms with Gasteiger partial charge in [0.05, 0.1) is 22.4 Å².